The molecule has 0 aliphatic heterocycles. The first-order chi connectivity index (χ1) is 15.1. The van der Waals surface area contributed by atoms with Gasteiger partial charge in [0, 0.05) is 18.7 Å². The Bertz CT molecular complexity index is 1320. The number of benzene rings is 2. The van der Waals surface area contributed by atoms with Crippen LogP contribution in [0.4, 0.5) is 20.2 Å². The third-order valence-electron chi connectivity index (χ3n) is 4.72. The normalized spacial score (nSPS) is 10.9. The second kappa shape index (κ2) is 8.88. The summed E-state index contributed by atoms with van der Waals surface area (Å²) in [5.74, 6) is -2.17. The Morgan fingerprint density at radius 1 is 1.19 bits per heavy atom. The predicted octanol–water partition coefficient (Wildman–Crippen LogP) is 4.16. The molecule has 168 valence electrons. The average Bonchev–Trinajstić information content (AvgIpc) is 2.73. The number of anilines is 2. The molecule has 0 bridgehead atoms. The van der Waals surface area contributed by atoms with E-state index < -0.39 is 23.0 Å². The summed E-state index contributed by atoms with van der Waals surface area (Å²) in [6.07, 6.45) is 1.36. The van der Waals surface area contributed by atoms with Crippen LogP contribution in [0.25, 0.3) is 22.3 Å². The quantitative estimate of drug-likeness (QED) is 0.323. The molecule has 0 spiro atoms. The van der Waals surface area contributed by atoms with Crippen molar-refractivity contribution in [1.29, 1.82) is 0 Å². The number of rotatable bonds is 6. The Labute approximate surface area is 186 Å². The van der Waals surface area contributed by atoms with Crippen LogP contribution in [0, 0.1) is 11.6 Å². The zero-order valence-electron chi connectivity index (χ0n) is 17.3. The molecule has 3 rings (SSSR count). The highest BCUT2D eigenvalue weighted by Crippen LogP contribution is 2.34. The van der Waals surface area contributed by atoms with E-state index in [0.717, 1.165) is 12.1 Å². The van der Waals surface area contributed by atoms with Crippen LogP contribution in [0.5, 0.6) is 0 Å². The van der Waals surface area contributed by atoms with E-state index in [1.807, 2.05) is 0 Å². The number of carbonyl (C=O) groups is 1. The minimum atomic E-state index is -0.885. The smallest absolute Gasteiger partial charge is 0.302 e. The topological polar surface area (TPSA) is 110 Å². The summed E-state index contributed by atoms with van der Waals surface area (Å²) in [7, 11) is 0. The molecule has 1 heterocycles. The number of aromatic nitrogens is 1. The number of hydrogen-bond donors (Lipinski definition) is 2. The van der Waals surface area contributed by atoms with Gasteiger partial charge in [0.25, 0.3) is 0 Å². The first-order valence-electron chi connectivity index (χ1n) is 9.43. The highest BCUT2D eigenvalue weighted by atomic mass is 35.5. The van der Waals surface area contributed by atoms with Crippen LogP contribution in [0.1, 0.15) is 25.0 Å². The standard InChI is InChI=1S/C22H20ClF2N3O4/c1-4-31-10(2)14-8-28(21-13(22(14)30)6-16(25)20(27)19(21)23)18-7-17(26)15(24)5-12(18)9-32-11(3)29/h5-8H,2,4,9,26-27H2,1,3H3. The zero-order valence-corrected chi connectivity index (χ0v) is 18.1. The molecule has 3 aromatic rings. The minimum absolute atomic E-state index is 0.0147. The van der Waals surface area contributed by atoms with Crippen molar-refractivity contribution in [1.82, 2.24) is 4.57 Å². The van der Waals surface area contributed by atoms with Gasteiger partial charge in [0.15, 0.2) is 0 Å². The van der Waals surface area contributed by atoms with Crippen LogP contribution in [-0.2, 0) is 20.9 Å². The highest BCUT2D eigenvalue weighted by Gasteiger charge is 2.21. The van der Waals surface area contributed by atoms with E-state index in [-0.39, 0.29) is 63.1 Å². The van der Waals surface area contributed by atoms with Gasteiger partial charge < -0.3 is 25.5 Å². The van der Waals surface area contributed by atoms with Crippen molar-refractivity contribution in [3.05, 3.63) is 69.0 Å². The van der Waals surface area contributed by atoms with Crippen LogP contribution in [0.3, 0.4) is 0 Å². The molecule has 10 heteroatoms. The lowest BCUT2D eigenvalue weighted by atomic mass is 10.1. The maximum absolute atomic E-state index is 14.4. The Morgan fingerprint density at radius 2 is 1.88 bits per heavy atom. The van der Waals surface area contributed by atoms with E-state index in [9.17, 15) is 18.4 Å². The van der Waals surface area contributed by atoms with Crippen LogP contribution >= 0.6 is 11.6 Å². The third kappa shape index (κ3) is 4.11. The Kier molecular flexibility index (Phi) is 6.40. The van der Waals surface area contributed by atoms with Crippen molar-refractivity contribution in [3.63, 3.8) is 0 Å². The molecule has 0 aliphatic rings. The van der Waals surface area contributed by atoms with Crippen LogP contribution in [-0.4, -0.2) is 17.1 Å². The Hall–Kier alpha value is -3.59. The molecule has 0 fully saturated rings. The van der Waals surface area contributed by atoms with Gasteiger partial charge in [-0.3, -0.25) is 9.59 Å². The summed E-state index contributed by atoms with van der Waals surface area (Å²) >= 11 is 6.33. The van der Waals surface area contributed by atoms with Crippen molar-refractivity contribution in [2.45, 2.75) is 20.5 Å². The molecular weight excluding hydrogens is 444 g/mol. The van der Waals surface area contributed by atoms with Crippen molar-refractivity contribution in [2.75, 3.05) is 18.1 Å². The van der Waals surface area contributed by atoms with Gasteiger partial charge in [-0.1, -0.05) is 18.2 Å². The molecule has 1 aromatic heterocycles. The fourth-order valence-electron chi connectivity index (χ4n) is 3.21. The van der Waals surface area contributed by atoms with Crippen molar-refractivity contribution in [3.8, 4) is 5.69 Å². The number of nitrogens with two attached hydrogens (primary N) is 2. The predicted molar refractivity (Wildman–Crippen MR) is 119 cm³/mol. The second-order valence-corrected chi connectivity index (χ2v) is 7.24. The molecule has 0 amide bonds. The van der Waals surface area contributed by atoms with E-state index in [1.54, 1.807) is 6.92 Å². The van der Waals surface area contributed by atoms with E-state index in [4.69, 9.17) is 32.5 Å². The van der Waals surface area contributed by atoms with E-state index in [1.165, 1.54) is 23.8 Å². The molecule has 0 saturated carbocycles. The molecular formula is C22H20ClF2N3O4. The maximum atomic E-state index is 14.4. The molecule has 4 N–H and O–H groups in total. The minimum Gasteiger partial charge on any atom is -0.494 e. The maximum Gasteiger partial charge on any atom is 0.302 e. The first kappa shape index (κ1) is 23.1. The summed E-state index contributed by atoms with van der Waals surface area (Å²) in [5, 5.41) is -0.339. The van der Waals surface area contributed by atoms with Gasteiger partial charge in [0.2, 0.25) is 5.43 Å². The van der Waals surface area contributed by atoms with Gasteiger partial charge in [0.1, 0.15) is 24.0 Å². The average molecular weight is 464 g/mol. The summed E-state index contributed by atoms with van der Waals surface area (Å²) < 4.78 is 40.4. The lowest BCUT2D eigenvalue weighted by molar-refractivity contribution is -0.142. The summed E-state index contributed by atoms with van der Waals surface area (Å²) in [6, 6.07) is 3.33. The van der Waals surface area contributed by atoms with Gasteiger partial charge >= 0.3 is 5.97 Å². The van der Waals surface area contributed by atoms with Crippen LogP contribution < -0.4 is 16.9 Å². The highest BCUT2D eigenvalue weighted by molar-refractivity contribution is 6.37. The molecule has 2 aromatic carbocycles. The number of pyridine rings is 1. The summed E-state index contributed by atoms with van der Waals surface area (Å²) in [4.78, 5) is 24.4. The number of fused-ring (bicyclic) bond motifs is 1. The van der Waals surface area contributed by atoms with E-state index >= 15 is 0 Å². The van der Waals surface area contributed by atoms with Gasteiger partial charge in [-0.25, -0.2) is 8.78 Å². The fraction of sp³-hybridized carbons (Fsp3) is 0.182. The molecule has 0 aliphatic carbocycles. The molecule has 7 nitrogen and oxygen atoms in total. The molecule has 0 radical (unpaired) electrons. The SMILES string of the molecule is C=C(OCC)c1cn(-c2cc(N)c(F)cc2COC(C)=O)c2c(Cl)c(N)c(F)cc2c1=O. The van der Waals surface area contributed by atoms with Gasteiger partial charge in [-0.15, -0.1) is 0 Å². The lowest BCUT2D eigenvalue weighted by Gasteiger charge is -2.20. The molecule has 0 unspecified atom stereocenters. The fourth-order valence-corrected chi connectivity index (χ4v) is 3.49. The van der Waals surface area contributed by atoms with Crippen LogP contribution in [0.15, 0.2) is 35.8 Å². The van der Waals surface area contributed by atoms with Crippen molar-refractivity contribution >= 4 is 45.6 Å². The van der Waals surface area contributed by atoms with E-state index in [0.29, 0.717) is 0 Å². The monoisotopic (exact) mass is 463 g/mol. The Balaban J connectivity index is 2.47. The lowest BCUT2D eigenvalue weighted by Crippen LogP contribution is -2.17. The number of carbonyl (C=O) groups excluding carboxylic acids is 1. The summed E-state index contributed by atoms with van der Waals surface area (Å²) in [5.41, 5.74) is 10.9. The van der Waals surface area contributed by atoms with E-state index in [2.05, 4.69) is 6.58 Å². The number of nitrogens with zero attached hydrogens (tertiary/aromatic N) is 1. The number of halogens is 3. The van der Waals surface area contributed by atoms with Crippen LogP contribution in [0.2, 0.25) is 5.02 Å². The number of esters is 1. The molecule has 0 saturated heterocycles. The number of ether oxygens (including phenoxy) is 2. The molecule has 0 atom stereocenters. The number of nitrogen functional groups attached to an aromatic ring is 2. The summed E-state index contributed by atoms with van der Waals surface area (Å²) in [6.45, 7) is 6.59. The van der Waals surface area contributed by atoms with Crippen molar-refractivity contribution in [2.24, 2.45) is 0 Å². The van der Waals surface area contributed by atoms with Gasteiger partial charge in [-0.2, -0.15) is 0 Å². The third-order valence-corrected chi connectivity index (χ3v) is 5.11. The molecule has 32 heavy (non-hydrogen) atoms. The zero-order chi connectivity index (χ0) is 23.7. The van der Waals surface area contributed by atoms with Crippen molar-refractivity contribution < 1.29 is 23.0 Å². The van der Waals surface area contributed by atoms with Gasteiger partial charge in [0.05, 0.1) is 45.2 Å². The Morgan fingerprint density at radius 3 is 2.50 bits per heavy atom. The first-order valence-corrected chi connectivity index (χ1v) is 9.81. The second-order valence-electron chi connectivity index (χ2n) is 6.86. The number of hydrogen-bond acceptors (Lipinski definition) is 6. The van der Waals surface area contributed by atoms with Gasteiger partial charge in [-0.05, 0) is 25.1 Å². The largest absolute Gasteiger partial charge is 0.494 e.